The predicted octanol–water partition coefficient (Wildman–Crippen LogP) is 7.07. The molecular formula is C44H35NO7. The molecule has 0 N–H and O–H groups in total. The molecule has 5 aromatic carbocycles. The number of esters is 1. The van der Waals surface area contributed by atoms with Crippen molar-refractivity contribution in [3.8, 4) is 11.5 Å². The molecule has 0 aromatic heterocycles. The SMILES string of the molecule is CCOC(=O)c1ccc(N2C(=O)[C@H]3[C@H](C2=O)[C@@]2(c4ccccc4)C(=O)[C@@]3(c3ccccc3)C(c3ccc(OC)cc3)=C2c2ccc(OC)cc2)cc1. The first-order valence-electron chi connectivity index (χ1n) is 17.2. The lowest BCUT2D eigenvalue weighted by atomic mass is 9.59. The highest BCUT2D eigenvalue weighted by Gasteiger charge is 2.82. The van der Waals surface area contributed by atoms with Crippen LogP contribution in [0.1, 0.15) is 39.5 Å². The Hall–Kier alpha value is -6.28. The molecule has 1 saturated heterocycles. The van der Waals surface area contributed by atoms with E-state index in [4.69, 9.17) is 14.2 Å². The molecular weight excluding hydrogens is 654 g/mol. The molecule has 8 heteroatoms. The zero-order valence-electron chi connectivity index (χ0n) is 28.9. The third kappa shape index (κ3) is 4.40. The predicted molar refractivity (Wildman–Crippen MR) is 196 cm³/mol. The number of anilines is 1. The summed E-state index contributed by atoms with van der Waals surface area (Å²) in [5.74, 6) is -2.57. The fourth-order valence-corrected chi connectivity index (χ4v) is 8.86. The number of amides is 2. The van der Waals surface area contributed by atoms with Gasteiger partial charge in [-0.25, -0.2) is 9.69 Å². The van der Waals surface area contributed by atoms with Gasteiger partial charge in [-0.1, -0.05) is 84.9 Å². The van der Waals surface area contributed by atoms with Crippen molar-refractivity contribution in [2.24, 2.45) is 11.8 Å². The molecule has 8 nitrogen and oxygen atoms in total. The van der Waals surface area contributed by atoms with Crippen molar-refractivity contribution in [2.45, 2.75) is 17.8 Å². The van der Waals surface area contributed by atoms with Crippen LogP contribution < -0.4 is 14.4 Å². The van der Waals surface area contributed by atoms with E-state index in [-0.39, 0.29) is 12.4 Å². The van der Waals surface area contributed by atoms with Crippen LogP contribution in [0.25, 0.3) is 11.1 Å². The quantitative estimate of drug-likeness (QED) is 0.121. The molecule has 52 heavy (non-hydrogen) atoms. The van der Waals surface area contributed by atoms with E-state index in [0.29, 0.717) is 45.0 Å². The van der Waals surface area contributed by atoms with Crippen LogP contribution in [0.15, 0.2) is 133 Å². The van der Waals surface area contributed by atoms with Gasteiger partial charge in [0.1, 0.15) is 11.5 Å². The van der Waals surface area contributed by atoms with Gasteiger partial charge in [-0.15, -0.1) is 0 Å². The number of methoxy groups -OCH3 is 2. The smallest absolute Gasteiger partial charge is 0.338 e. The van der Waals surface area contributed by atoms with Crippen molar-refractivity contribution >= 4 is 40.4 Å². The minimum atomic E-state index is -1.56. The summed E-state index contributed by atoms with van der Waals surface area (Å²) in [6, 6.07) is 40.0. The van der Waals surface area contributed by atoms with Gasteiger partial charge in [-0.05, 0) is 88.9 Å². The minimum Gasteiger partial charge on any atom is -0.497 e. The van der Waals surface area contributed by atoms with E-state index in [9.17, 15) is 4.79 Å². The molecule has 4 atom stereocenters. The van der Waals surface area contributed by atoms with E-state index in [0.717, 1.165) is 11.1 Å². The van der Waals surface area contributed by atoms with Gasteiger partial charge in [-0.2, -0.15) is 0 Å². The van der Waals surface area contributed by atoms with E-state index < -0.39 is 40.4 Å². The second-order valence-corrected chi connectivity index (χ2v) is 13.1. The number of hydrogen-bond acceptors (Lipinski definition) is 7. The van der Waals surface area contributed by atoms with Crippen molar-refractivity contribution in [1.82, 2.24) is 0 Å². The summed E-state index contributed by atoms with van der Waals surface area (Å²) in [7, 11) is 3.18. The van der Waals surface area contributed by atoms with Gasteiger partial charge in [0.15, 0.2) is 5.78 Å². The van der Waals surface area contributed by atoms with E-state index in [1.54, 1.807) is 45.4 Å². The highest BCUT2D eigenvalue weighted by Crippen LogP contribution is 2.74. The first-order valence-corrected chi connectivity index (χ1v) is 17.2. The Kier molecular flexibility index (Phi) is 7.90. The molecule has 3 aliphatic rings. The van der Waals surface area contributed by atoms with Gasteiger partial charge in [0.2, 0.25) is 11.8 Å². The second kappa shape index (κ2) is 12.5. The summed E-state index contributed by atoms with van der Waals surface area (Å²) in [6.45, 7) is 1.94. The number of hydrogen-bond donors (Lipinski definition) is 0. The van der Waals surface area contributed by atoms with E-state index in [1.165, 1.54) is 4.90 Å². The molecule has 2 amide bonds. The van der Waals surface area contributed by atoms with Crippen LogP contribution in [0, 0.1) is 11.8 Å². The monoisotopic (exact) mass is 689 g/mol. The van der Waals surface area contributed by atoms with Crippen molar-refractivity contribution < 1.29 is 33.4 Å². The lowest BCUT2D eigenvalue weighted by Gasteiger charge is -2.39. The van der Waals surface area contributed by atoms with Crippen molar-refractivity contribution in [3.05, 3.63) is 161 Å². The Morgan fingerprint density at radius 3 is 1.40 bits per heavy atom. The molecule has 2 fully saturated rings. The van der Waals surface area contributed by atoms with Gasteiger partial charge in [-0.3, -0.25) is 14.4 Å². The Morgan fingerprint density at radius 1 is 0.596 bits per heavy atom. The van der Waals surface area contributed by atoms with Gasteiger partial charge in [0.25, 0.3) is 0 Å². The molecule has 0 unspecified atom stereocenters. The van der Waals surface area contributed by atoms with Crippen LogP contribution in [-0.4, -0.2) is 44.4 Å². The summed E-state index contributed by atoms with van der Waals surface area (Å²) >= 11 is 0. The Morgan fingerprint density at radius 2 is 1.02 bits per heavy atom. The summed E-state index contributed by atoms with van der Waals surface area (Å²) < 4.78 is 16.2. The van der Waals surface area contributed by atoms with Crippen molar-refractivity contribution in [1.29, 1.82) is 0 Å². The first-order chi connectivity index (χ1) is 25.3. The van der Waals surface area contributed by atoms with Crippen LogP contribution in [0.2, 0.25) is 0 Å². The number of carbonyl (C=O) groups excluding carboxylic acids is 4. The number of ether oxygens (including phenoxy) is 3. The molecule has 1 heterocycles. The molecule has 1 saturated carbocycles. The maximum atomic E-state index is 16.1. The molecule has 2 bridgehead atoms. The maximum absolute atomic E-state index is 16.1. The molecule has 0 radical (unpaired) electrons. The number of imide groups is 1. The van der Waals surface area contributed by atoms with E-state index in [2.05, 4.69) is 0 Å². The summed E-state index contributed by atoms with van der Waals surface area (Å²) in [5.41, 5.74) is 1.56. The van der Waals surface area contributed by atoms with Crippen LogP contribution in [0.5, 0.6) is 11.5 Å². The van der Waals surface area contributed by atoms with Crippen LogP contribution in [-0.2, 0) is 30.0 Å². The summed E-state index contributed by atoms with van der Waals surface area (Å²) in [4.78, 5) is 60.2. The average Bonchev–Trinajstić information content (AvgIpc) is 3.70. The average molecular weight is 690 g/mol. The largest absolute Gasteiger partial charge is 0.497 e. The Bertz CT molecular complexity index is 2120. The lowest BCUT2D eigenvalue weighted by molar-refractivity contribution is -0.130. The second-order valence-electron chi connectivity index (χ2n) is 13.1. The fraction of sp³-hybridized carbons (Fsp3) is 0.182. The molecule has 2 aliphatic carbocycles. The number of benzene rings is 5. The zero-order chi connectivity index (χ0) is 36.2. The van der Waals surface area contributed by atoms with Crippen LogP contribution in [0.4, 0.5) is 5.69 Å². The van der Waals surface area contributed by atoms with Gasteiger partial charge < -0.3 is 14.2 Å². The third-order valence-electron chi connectivity index (χ3n) is 10.8. The van der Waals surface area contributed by atoms with Gasteiger partial charge in [0.05, 0.1) is 54.7 Å². The highest BCUT2D eigenvalue weighted by molar-refractivity contribution is 6.39. The van der Waals surface area contributed by atoms with E-state index >= 15 is 14.4 Å². The van der Waals surface area contributed by atoms with Gasteiger partial charge >= 0.3 is 5.97 Å². The molecule has 1 aliphatic heterocycles. The third-order valence-corrected chi connectivity index (χ3v) is 10.8. The number of carbonyl (C=O) groups is 4. The fourth-order valence-electron chi connectivity index (χ4n) is 8.86. The minimum absolute atomic E-state index is 0.213. The highest BCUT2D eigenvalue weighted by atomic mass is 16.5. The number of allylic oxidation sites excluding steroid dienone is 2. The number of fused-ring (bicyclic) bond motifs is 5. The zero-order valence-corrected chi connectivity index (χ0v) is 28.9. The number of nitrogens with zero attached hydrogens (tertiary/aromatic N) is 1. The van der Waals surface area contributed by atoms with Crippen LogP contribution >= 0.6 is 0 Å². The maximum Gasteiger partial charge on any atom is 0.338 e. The first kappa shape index (κ1) is 32.9. The summed E-state index contributed by atoms with van der Waals surface area (Å²) in [5, 5.41) is 0. The summed E-state index contributed by atoms with van der Waals surface area (Å²) in [6.07, 6.45) is 0. The molecule has 5 aromatic rings. The van der Waals surface area contributed by atoms with Crippen molar-refractivity contribution in [2.75, 3.05) is 25.7 Å². The van der Waals surface area contributed by atoms with Crippen LogP contribution in [0.3, 0.4) is 0 Å². The normalized spacial score (nSPS) is 23.2. The van der Waals surface area contributed by atoms with E-state index in [1.807, 2.05) is 109 Å². The Balaban J connectivity index is 1.47. The topological polar surface area (TPSA) is 99.2 Å². The Labute approximate surface area is 301 Å². The molecule has 8 rings (SSSR count). The number of rotatable bonds is 9. The van der Waals surface area contributed by atoms with Crippen molar-refractivity contribution in [3.63, 3.8) is 0 Å². The van der Waals surface area contributed by atoms with Gasteiger partial charge in [0, 0.05) is 0 Å². The molecule has 258 valence electrons. The molecule has 0 spiro atoms. The standard InChI is InChI=1S/C44H35NO7/c1-4-52-41(48)29-15-21-32(22-16-29)45-39(46)37-38(40(45)47)44(31-13-9-6-10-14-31)36(28-19-25-34(51-3)26-20-28)35(27-17-23-33(50-2)24-18-27)43(37,42(44)49)30-11-7-5-8-12-30/h5-26,37-38H,4H2,1-3H3/t37-,38-,43+,44+/m1/s1. The number of ketones is 1. The number of Topliss-reactive ketones (excluding diaryl/α,β-unsaturated/α-hetero) is 1. The lowest BCUT2D eigenvalue weighted by Crippen LogP contribution is -2.45.